The monoisotopic (exact) mass is 291 g/mol. The van der Waals surface area contributed by atoms with Gasteiger partial charge in [0, 0.05) is 18.4 Å². The number of rotatable bonds is 7. The summed E-state index contributed by atoms with van der Waals surface area (Å²) in [5, 5.41) is 15.3. The van der Waals surface area contributed by atoms with Crippen molar-refractivity contribution in [3.8, 4) is 5.75 Å². The summed E-state index contributed by atoms with van der Waals surface area (Å²) in [6, 6.07) is 8.20. The van der Waals surface area contributed by atoms with Crippen molar-refractivity contribution < 1.29 is 9.94 Å². The zero-order valence-electron chi connectivity index (χ0n) is 12.8. The Hall–Kier alpha value is -1.75. The smallest absolute Gasteiger partial charge is 0.144 e. The first kappa shape index (κ1) is 15.6. The van der Waals surface area contributed by atoms with Gasteiger partial charge in [-0.1, -0.05) is 37.2 Å². The molecule has 1 aliphatic heterocycles. The first-order valence-corrected chi connectivity index (χ1v) is 7.46. The Morgan fingerprint density at radius 1 is 1.48 bits per heavy atom. The number of hydrogen-bond donors (Lipinski definition) is 3. The van der Waals surface area contributed by atoms with E-state index < -0.39 is 0 Å². The molecule has 1 unspecified atom stereocenters. The highest BCUT2D eigenvalue weighted by molar-refractivity contribution is 5.85. The largest absolute Gasteiger partial charge is 0.488 e. The average Bonchev–Trinajstić information content (AvgIpc) is 2.88. The van der Waals surface area contributed by atoms with Crippen LogP contribution in [-0.2, 0) is 6.42 Å². The second-order valence-electron chi connectivity index (χ2n) is 6.23. The van der Waals surface area contributed by atoms with E-state index in [0.29, 0.717) is 0 Å². The minimum atomic E-state index is -0.267. The van der Waals surface area contributed by atoms with Crippen LogP contribution in [0.15, 0.2) is 29.4 Å². The molecule has 21 heavy (non-hydrogen) atoms. The topological polar surface area (TPSA) is 79.9 Å². The fourth-order valence-corrected chi connectivity index (χ4v) is 2.55. The third kappa shape index (κ3) is 4.11. The summed E-state index contributed by atoms with van der Waals surface area (Å²) >= 11 is 0. The predicted octanol–water partition coefficient (Wildman–Crippen LogP) is 2.13. The standard InChI is InChI=1S/C16H25N3O2/c1-16(2,15(17)19-20)8-5-9-18-11-13-10-12-6-3-4-7-14(12)21-13/h3-4,6-7,13,18,20H,5,8-11H2,1-2H3,(H2,17,19). The molecule has 5 heteroatoms. The van der Waals surface area contributed by atoms with Gasteiger partial charge in [-0.05, 0) is 31.0 Å². The lowest BCUT2D eigenvalue weighted by Gasteiger charge is -2.22. The molecule has 0 radical (unpaired) electrons. The Bertz CT molecular complexity index is 475. The molecule has 1 aliphatic rings. The van der Waals surface area contributed by atoms with Crippen LogP contribution in [0, 0.1) is 5.41 Å². The number of benzene rings is 1. The minimum absolute atomic E-state index is 0.222. The molecule has 0 aliphatic carbocycles. The number of nitrogens with one attached hydrogen (secondary N) is 1. The van der Waals surface area contributed by atoms with Crippen LogP contribution in [0.3, 0.4) is 0 Å². The van der Waals surface area contributed by atoms with Gasteiger partial charge in [0.25, 0.3) is 0 Å². The Balaban J connectivity index is 1.64. The molecule has 0 amide bonds. The highest BCUT2D eigenvalue weighted by Crippen LogP contribution is 2.27. The molecule has 0 aromatic heterocycles. The van der Waals surface area contributed by atoms with E-state index in [0.717, 1.165) is 38.1 Å². The number of para-hydroxylation sites is 1. The first-order chi connectivity index (χ1) is 10.0. The van der Waals surface area contributed by atoms with Gasteiger partial charge in [0.2, 0.25) is 0 Å². The first-order valence-electron chi connectivity index (χ1n) is 7.46. The number of hydrogen-bond acceptors (Lipinski definition) is 4. The van der Waals surface area contributed by atoms with Gasteiger partial charge in [0.1, 0.15) is 17.7 Å². The van der Waals surface area contributed by atoms with Crippen LogP contribution in [-0.4, -0.2) is 30.2 Å². The third-order valence-electron chi connectivity index (χ3n) is 4.04. The van der Waals surface area contributed by atoms with Gasteiger partial charge in [-0.3, -0.25) is 0 Å². The minimum Gasteiger partial charge on any atom is -0.488 e. The van der Waals surface area contributed by atoms with Gasteiger partial charge in [0.15, 0.2) is 0 Å². The lowest BCUT2D eigenvalue weighted by Crippen LogP contribution is -2.34. The van der Waals surface area contributed by atoms with Gasteiger partial charge < -0.3 is 21.0 Å². The highest BCUT2D eigenvalue weighted by atomic mass is 16.5. The van der Waals surface area contributed by atoms with E-state index in [2.05, 4.69) is 16.5 Å². The molecule has 116 valence electrons. The quantitative estimate of drug-likeness (QED) is 0.236. The molecule has 4 N–H and O–H groups in total. The van der Waals surface area contributed by atoms with E-state index in [1.165, 1.54) is 5.56 Å². The van der Waals surface area contributed by atoms with Crippen LogP contribution in [0.25, 0.3) is 0 Å². The van der Waals surface area contributed by atoms with Crippen LogP contribution in [0.5, 0.6) is 5.75 Å². The summed E-state index contributed by atoms with van der Waals surface area (Å²) in [6.45, 7) is 5.72. The van der Waals surface area contributed by atoms with Crippen LogP contribution < -0.4 is 15.8 Å². The van der Waals surface area contributed by atoms with Crippen molar-refractivity contribution in [3.05, 3.63) is 29.8 Å². The van der Waals surface area contributed by atoms with Gasteiger partial charge in [-0.2, -0.15) is 0 Å². The van der Waals surface area contributed by atoms with Gasteiger partial charge >= 0.3 is 0 Å². The highest BCUT2D eigenvalue weighted by Gasteiger charge is 2.24. The zero-order chi connectivity index (χ0) is 15.3. The van der Waals surface area contributed by atoms with Gasteiger partial charge in [-0.15, -0.1) is 0 Å². The molecular formula is C16H25N3O2. The summed E-state index contributed by atoms with van der Waals surface area (Å²) in [5.41, 5.74) is 6.70. The molecular weight excluding hydrogens is 266 g/mol. The fraction of sp³-hybridized carbons (Fsp3) is 0.562. The normalized spacial score (nSPS) is 18.4. The number of fused-ring (bicyclic) bond motifs is 1. The summed E-state index contributed by atoms with van der Waals surface area (Å²) in [5.74, 6) is 1.30. The predicted molar refractivity (Wildman–Crippen MR) is 83.9 cm³/mol. The maximum atomic E-state index is 8.73. The molecule has 0 spiro atoms. The summed E-state index contributed by atoms with van der Waals surface area (Å²) < 4.78 is 5.88. The van der Waals surface area contributed by atoms with Crippen molar-refractivity contribution in [1.82, 2.24) is 5.32 Å². The molecule has 0 saturated carbocycles. The Morgan fingerprint density at radius 2 is 2.24 bits per heavy atom. The van der Waals surface area contributed by atoms with Crippen LogP contribution in [0.1, 0.15) is 32.3 Å². The zero-order valence-corrected chi connectivity index (χ0v) is 12.8. The van der Waals surface area contributed by atoms with Crippen molar-refractivity contribution >= 4 is 5.84 Å². The maximum absolute atomic E-state index is 8.73. The fourth-order valence-electron chi connectivity index (χ4n) is 2.55. The van der Waals surface area contributed by atoms with Gasteiger partial charge in [0.05, 0.1) is 0 Å². The van der Waals surface area contributed by atoms with Crippen molar-refractivity contribution in [2.24, 2.45) is 16.3 Å². The number of oxime groups is 1. The third-order valence-corrected chi connectivity index (χ3v) is 4.04. The van der Waals surface area contributed by atoms with Crippen LogP contribution in [0.4, 0.5) is 0 Å². The number of amidine groups is 1. The van der Waals surface area contributed by atoms with Crippen LogP contribution in [0.2, 0.25) is 0 Å². The van der Waals surface area contributed by atoms with Crippen LogP contribution >= 0.6 is 0 Å². The van der Waals surface area contributed by atoms with Crippen molar-refractivity contribution in [1.29, 1.82) is 0 Å². The van der Waals surface area contributed by atoms with Crippen molar-refractivity contribution in [2.45, 2.75) is 39.2 Å². The number of nitrogens with zero attached hydrogens (tertiary/aromatic N) is 1. The molecule has 0 saturated heterocycles. The van der Waals surface area contributed by atoms with Crippen molar-refractivity contribution in [3.63, 3.8) is 0 Å². The SMILES string of the molecule is CC(C)(CCCNCC1Cc2ccccc2O1)C(N)=NO. The van der Waals surface area contributed by atoms with E-state index in [1.807, 2.05) is 32.0 Å². The van der Waals surface area contributed by atoms with E-state index in [4.69, 9.17) is 15.7 Å². The summed E-state index contributed by atoms with van der Waals surface area (Å²) in [6.07, 6.45) is 3.04. The average molecular weight is 291 g/mol. The molecule has 1 heterocycles. The van der Waals surface area contributed by atoms with E-state index in [1.54, 1.807) is 0 Å². The second kappa shape index (κ2) is 6.80. The Labute approximate surface area is 126 Å². The lowest BCUT2D eigenvalue weighted by atomic mass is 9.86. The Kier molecular flexibility index (Phi) is 5.07. The van der Waals surface area contributed by atoms with E-state index in [9.17, 15) is 0 Å². The molecule has 1 aromatic rings. The van der Waals surface area contributed by atoms with E-state index in [-0.39, 0.29) is 17.4 Å². The second-order valence-corrected chi connectivity index (χ2v) is 6.23. The molecule has 5 nitrogen and oxygen atoms in total. The van der Waals surface area contributed by atoms with Gasteiger partial charge in [-0.25, -0.2) is 0 Å². The summed E-state index contributed by atoms with van der Waals surface area (Å²) in [7, 11) is 0. The lowest BCUT2D eigenvalue weighted by molar-refractivity contribution is 0.227. The van der Waals surface area contributed by atoms with Crippen molar-refractivity contribution in [2.75, 3.05) is 13.1 Å². The Morgan fingerprint density at radius 3 is 2.95 bits per heavy atom. The molecule has 0 fully saturated rings. The molecule has 2 rings (SSSR count). The number of ether oxygens (including phenoxy) is 1. The molecule has 0 bridgehead atoms. The summed E-state index contributed by atoms with van der Waals surface area (Å²) in [4.78, 5) is 0. The maximum Gasteiger partial charge on any atom is 0.144 e. The molecule has 1 atom stereocenters. The molecule has 1 aromatic carbocycles. The number of nitrogens with two attached hydrogens (primary N) is 1. The van der Waals surface area contributed by atoms with E-state index >= 15 is 0 Å².